The Labute approximate surface area is 99.7 Å². The van der Waals surface area contributed by atoms with Crippen LogP contribution >= 0.6 is 11.8 Å². The van der Waals surface area contributed by atoms with Gasteiger partial charge >= 0.3 is 5.97 Å². The zero-order valence-corrected chi connectivity index (χ0v) is 10.5. The average molecular weight is 248 g/mol. The van der Waals surface area contributed by atoms with Crippen molar-refractivity contribution < 1.29 is 9.90 Å². The minimum Gasteiger partial charge on any atom is -0.480 e. The van der Waals surface area contributed by atoms with Gasteiger partial charge in [-0.1, -0.05) is 13.8 Å². The molecule has 0 heterocycles. The number of nitrogens with two attached hydrogens (primary N) is 3. The molecule has 0 aromatic carbocycles. The number of carboxylic acid groups (broad SMARTS) is 1. The molecule has 0 aromatic heterocycles. The standard InChI is InChI=1S/C9H20N4O2S/c1-6(2)9(12,7(14)15)5-16-4-3-13-8(10)11/h6H,3-5,12H2,1-2H3,(H,14,15)(H4,10,11,13)/t9-/m1/s1. The second-order valence-corrected chi connectivity index (χ2v) is 4.96. The van der Waals surface area contributed by atoms with E-state index in [1.165, 1.54) is 11.8 Å². The minimum atomic E-state index is -1.19. The van der Waals surface area contributed by atoms with Gasteiger partial charge in [0, 0.05) is 11.5 Å². The summed E-state index contributed by atoms with van der Waals surface area (Å²) in [6.07, 6.45) is 0. The third-order valence-corrected chi connectivity index (χ3v) is 3.45. The molecule has 0 spiro atoms. The second-order valence-electron chi connectivity index (χ2n) is 3.86. The van der Waals surface area contributed by atoms with Crippen LogP contribution in [0.15, 0.2) is 4.99 Å². The molecule has 6 nitrogen and oxygen atoms in total. The Morgan fingerprint density at radius 2 is 2.06 bits per heavy atom. The van der Waals surface area contributed by atoms with Crippen LogP contribution in [0.5, 0.6) is 0 Å². The molecule has 0 aliphatic carbocycles. The summed E-state index contributed by atoms with van der Waals surface area (Å²) in [5.41, 5.74) is 14.9. The van der Waals surface area contributed by atoms with Crippen LogP contribution in [0.3, 0.4) is 0 Å². The highest BCUT2D eigenvalue weighted by Gasteiger charge is 2.37. The van der Waals surface area contributed by atoms with Gasteiger partial charge in [0.15, 0.2) is 5.96 Å². The molecule has 1 atom stereocenters. The number of guanidine groups is 1. The van der Waals surface area contributed by atoms with Gasteiger partial charge in [0.05, 0.1) is 6.54 Å². The van der Waals surface area contributed by atoms with Gasteiger partial charge < -0.3 is 22.3 Å². The number of carboxylic acids is 1. The van der Waals surface area contributed by atoms with Crippen LogP contribution < -0.4 is 17.2 Å². The zero-order valence-electron chi connectivity index (χ0n) is 9.64. The molecule has 0 fully saturated rings. The summed E-state index contributed by atoms with van der Waals surface area (Å²) < 4.78 is 0. The van der Waals surface area contributed by atoms with E-state index in [-0.39, 0.29) is 11.9 Å². The van der Waals surface area contributed by atoms with Crippen molar-refractivity contribution in [2.75, 3.05) is 18.1 Å². The molecule has 0 unspecified atom stereocenters. The second kappa shape index (κ2) is 6.59. The summed E-state index contributed by atoms with van der Waals surface area (Å²) in [6.45, 7) is 4.07. The monoisotopic (exact) mass is 248 g/mol. The van der Waals surface area contributed by atoms with E-state index < -0.39 is 11.5 Å². The lowest BCUT2D eigenvalue weighted by Crippen LogP contribution is -2.54. The predicted molar refractivity (Wildman–Crippen MR) is 67.4 cm³/mol. The average Bonchev–Trinajstić information content (AvgIpc) is 2.15. The first-order chi connectivity index (χ1) is 7.30. The van der Waals surface area contributed by atoms with Crippen molar-refractivity contribution in [1.82, 2.24) is 0 Å². The summed E-state index contributed by atoms with van der Waals surface area (Å²) >= 11 is 1.43. The van der Waals surface area contributed by atoms with Crippen molar-refractivity contribution >= 4 is 23.7 Å². The molecular formula is C9H20N4O2S. The maximum absolute atomic E-state index is 11.0. The molecule has 0 radical (unpaired) electrons. The lowest BCUT2D eigenvalue weighted by atomic mass is 9.90. The Bertz CT molecular complexity index is 266. The van der Waals surface area contributed by atoms with Crippen LogP contribution in [-0.4, -0.2) is 40.6 Å². The molecule has 7 N–H and O–H groups in total. The van der Waals surface area contributed by atoms with Gasteiger partial charge in [-0.3, -0.25) is 9.79 Å². The molecule has 0 saturated heterocycles. The van der Waals surface area contributed by atoms with E-state index in [1.807, 2.05) is 0 Å². The van der Waals surface area contributed by atoms with Crippen LogP contribution in [0.4, 0.5) is 0 Å². The Morgan fingerprint density at radius 1 is 1.50 bits per heavy atom. The summed E-state index contributed by atoms with van der Waals surface area (Å²) in [7, 11) is 0. The maximum atomic E-state index is 11.0. The molecule has 0 bridgehead atoms. The van der Waals surface area contributed by atoms with E-state index in [2.05, 4.69) is 4.99 Å². The molecule has 0 aromatic rings. The van der Waals surface area contributed by atoms with Gasteiger partial charge in [-0.15, -0.1) is 0 Å². The molecular weight excluding hydrogens is 228 g/mol. The fourth-order valence-electron chi connectivity index (χ4n) is 0.956. The number of hydrogen-bond donors (Lipinski definition) is 4. The number of aliphatic carboxylic acids is 1. The fourth-order valence-corrected chi connectivity index (χ4v) is 2.11. The van der Waals surface area contributed by atoms with E-state index >= 15 is 0 Å². The van der Waals surface area contributed by atoms with Crippen molar-refractivity contribution in [3.63, 3.8) is 0 Å². The SMILES string of the molecule is CC(C)[C@](N)(CSCCN=C(N)N)C(=O)O. The zero-order chi connectivity index (χ0) is 12.8. The highest BCUT2D eigenvalue weighted by molar-refractivity contribution is 7.99. The molecule has 16 heavy (non-hydrogen) atoms. The van der Waals surface area contributed by atoms with Gasteiger partial charge in [-0.25, -0.2) is 0 Å². The highest BCUT2D eigenvalue weighted by atomic mass is 32.2. The van der Waals surface area contributed by atoms with E-state index in [0.29, 0.717) is 18.1 Å². The first kappa shape index (κ1) is 15.0. The summed E-state index contributed by atoms with van der Waals surface area (Å²) in [4.78, 5) is 14.8. The van der Waals surface area contributed by atoms with Crippen LogP contribution in [0, 0.1) is 5.92 Å². The van der Waals surface area contributed by atoms with Gasteiger partial charge in [-0.05, 0) is 5.92 Å². The number of nitrogens with zero attached hydrogens (tertiary/aromatic N) is 1. The summed E-state index contributed by atoms with van der Waals surface area (Å²) in [5.74, 6) is -0.0595. The molecule has 0 aliphatic heterocycles. The Balaban J connectivity index is 4.06. The topological polar surface area (TPSA) is 128 Å². The fraction of sp³-hybridized carbons (Fsp3) is 0.778. The third-order valence-electron chi connectivity index (χ3n) is 2.30. The van der Waals surface area contributed by atoms with E-state index in [4.69, 9.17) is 22.3 Å². The van der Waals surface area contributed by atoms with Crippen molar-refractivity contribution in [3.8, 4) is 0 Å². The van der Waals surface area contributed by atoms with Gasteiger partial charge in [-0.2, -0.15) is 11.8 Å². The lowest BCUT2D eigenvalue weighted by Gasteiger charge is -2.28. The lowest BCUT2D eigenvalue weighted by molar-refractivity contribution is -0.144. The number of thioether (sulfide) groups is 1. The van der Waals surface area contributed by atoms with E-state index in [9.17, 15) is 4.79 Å². The van der Waals surface area contributed by atoms with Crippen molar-refractivity contribution in [2.45, 2.75) is 19.4 Å². The molecule has 7 heteroatoms. The Kier molecular flexibility index (Phi) is 6.20. The molecule has 0 amide bonds. The third kappa shape index (κ3) is 4.71. The number of carbonyl (C=O) groups is 1. The van der Waals surface area contributed by atoms with Crippen molar-refractivity contribution in [1.29, 1.82) is 0 Å². The van der Waals surface area contributed by atoms with E-state index in [0.717, 1.165) is 0 Å². The number of aliphatic imine (C=N–C) groups is 1. The Morgan fingerprint density at radius 3 is 2.44 bits per heavy atom. The van der Waals surface area contributed by atoms with Crippen molar-refractivity contribution in [2.24, 2.45) is 28.1 Å². The molecule has 0 aliphatic rings. The molecule has 0 saturated carbocycles. The predicted octanol–water partition coefficient (Wildman–Crippen LogP) is -0.569. The summed E-state index contributed by atoms with van der Waals surface area (Å²) in [5, 5.41) is 9.04. The van der Waals surface area contributed by atoms with Crippen LogP contribution in [0.2, 0.25) is 0 Å². The maximum Gasteiger partial charge on any atom is 0.324 e. The van der Waals surface area contributed by atoms with E-state index in [1.54, 1.807) is 13.8 Å². The first-order valence-electron chi connectivity index (χ1n) is 4.96. The van der Waals surface area contributed by atoms with Gasteiger partial charge in [0.1, 0.15) is 5.54 Å². The van der Waals surface area contributed by atoms with Crippen LogP contribution in [0.25, 0.3) is 0 Å². The first-order valence-corrected chi connectivity index (χ1v) is 6.11. The minimum absolute atomic E-state index is 0.0432. The van der Waals surface area contributed by atoms with Gasteiger partial charge in [0.25, 0.3) is 0 Å². The van der Waals surface area contributed by atoms with Gasteiger partial charge in [0.2, 0.25) is 0 Å². The smallest absolute Gasteiger partial charge is 0.324 e. The van der Waals surface area contributed by atoms with Crippen LogP contribution in [0.1, 0.15) is 13.8 Å². The molecule has 0 rings (SSSR count). The number of rotatable bonds is 7. The molecule has 94 valence electrons. The summed E-state index contributed by atoms with van der Waals surface area (Å²) in [6, 6.07) is 0. The Hall–Kier alpha value is -0.950. The highest BCUT2D eigenvalue weighted by Crippen LogP contribution is 2.20. The van der Waals surface area contributed by atoms with Crippen molar-refractivity contribution in [3.05, 3.63) is 0 Å². The van der Waals surface area contributed by atoms with Crippen LogP contribution in [-0.2, 0) is 4.79 Å². The largest absolute Gasteiger partial charge is 0.480 e. The normalized spacial score (nSPS) is 14.5. The quantitative estimate of drug-likeness (QED) is 0.271. The number of hydrogen-bond acceptors (Lipinski definition) is 4.